The molecule has 2 N–H and O–H groups in total. The maximum absolute atomic E-state index is 13.3. The van der Waals surface area contributed by atoms with E-state index in [1.54, 1.807) is 0 Å². The number of hydrogen-bond acceptors (Lipinski definition) is 5. The van der Waals surface area contributed by atoms with Crippen molar-refractivity contribution in [3.05, 3.63) is 47.5 Å². The number of fused-ring (bicyclic) bond motifs is 1. The summed E-state index contributed by atoms with van der Waals surface area (Å²) in [5.41, 5.74) is -0.717. The number of sulfonamides is 1. The Bertz CT molecular complexity index is 940. The highest BCUT2D eigenvalue weighted by molar-refractivity contribution is 7.92. The summed E-state index contributed by atoms with van der Waals surface area (Å²) >= 11 is 0. The standard InChI is InChI=1S/C15H11F2NO6S/c16-8-3-9(17)5-10(4-8)25(21,22)18-12-7-14-13(23-1-2-24-14)6-11(12)15(19)20/h3-7,18H,1-2H2,(H,19,20). The fourth-order valence-electron chi connectivity index (χ4n) is 2.24. The highest BCUT2D eigenvalue weighted by Gasteiger charge is 2.24. The molecule has 132 valence electrons. The van der Waals surface area contributed by atoms with Crippen molar-refractivity contribution in [2.24, 2.45) is 0 Å². The Kier molecular flexibility index (Phi) is 4.21. The summed E-state index contributed by atoms with van der Waals surface area (Å²) in [7, 11) is -4.43. The zero-order valence-electron chi connectivity index (χ0n) is 12.5. The molecule has 0 aromatic heterocycles. The molecule has 1 aliphatic heterocycles. The van der Waals surface area contributed by atoms with Crippen LogP contribution < -0.4 is 14.2 Å². The zero-order valence-corrected chi connectivity index (χ0v) is 13.3. The van der Waals surface area contributed by atoms with E-state index in [2.05, 4.69) is 0 Å². The van der Waals surface area contributed by atoms with Crippen molar-refractivity contribution >= 4 is 21.7 Å². The number of halogens is 2. The number of carboxylic acid groups (broad SMARTS) is 1. The SMILES string of the molecule is O=C(O)c1cc2c(cc1NS(=O)(=O)c1cc(F)cc(F)c1)OCCO2. The van der Waals surface area contributed by atoms with Crippen molar-refractivity contribution in [1.82, 2.24) is 0 Å². The van der Waals surface area contributed by atoms with Crippen LogP contribution in [0.5, 0.6) is 11.5 Å². The van der Waals surface area contributed by atoms with E-state index >= 15 is 0 Å². The van der Waals surface area contributed by atoms with E-state index in [0.717, 1.165) is 12.1 Å². The summed E-state index contributed by atoms with van der Waals surface area (Å²) in [5, 5.41) is 9.27. The number of hydrogen-bond donors (Lipinski definition) is 2. The van der Waals surface area contributed by atoms with Gasteiger partial charge in [-0.2, -0.15) is 0 Å². The van der Waals surface area contributed by atoms with E-state index in [4.69, 9.17) is 9.47 Å². The molecule has 0 saturated carbocycles. The predicted octanol–water partition coefficient (Wildman–Crippen LogP) is 2.24. The van der Waals surface area contributed by atoms with Gasteiger partial charge in [0.15, 0.2) is 11.5 Å². The topological polar surface area (TPSA) is 102 Å². The van der Waals surface area contributed by atoms with E-state index in [1.165, 1.54) is 0 Å². The van der Waals surface area contributed by atoms with Gasteiger partial charge >= 0.3 is 5.97 Å². The molecule has 0 amide bonds. The molecule has 1 aliphatic rings. The molecule has 3 rings (SSSR count). The molecule has 0 aliphatic carbocycles. The zero-order chi connectivity index (χ0) is 18.2. The summed E-state index contributed by atoms with van der Waals surface area (Å²) in [6.07, 6.45) is 0. The van der Waals surface area contributed by atoms with Gasteiger partial charge < -0.3 is 14.6 Å². The monoisotopic (exact) mass is 371 g/mol. The number of ether oxygens (including phenoxy) is 2. The third-order valence-electron chi connectivity index (χ3n) is 3.30. The summed E-state index contributed by atoms with van der Waals surface area (Å²) in [6.45, 7) is 0.431. The molecule has 0 fully saturated rings. The predicted molar refractivity (Wildman–Crippen MR) is 81.6 cm³/mol. The minimum absolute atomic E-state index is 0.152. The van der Waals surface area contributed by atoms with Crippen LogP contribution in [0.4, 0.5) is 14.5 Å². The first-order chi connectivity index (χ1) is 11.8. The van der Waals surface area contributed by atoms with E-state index in [0.29, 0.717) is 18.2 Å². The van der Waals surface area contributed by atoms with Gasteiger partial charge in [0.25, 0.3) is 10.0 Å². The van der Waals surface area contributed by atoms with Crippen LogP contribution in [0.25, 0.3) is 0 Å². The van der Waals surface area contributed by atoms with Crippen LogP contribution in [0.1, 0.15) is 10.4 Å². The van der Waals surface area contributed by atoms with E-state index in [1.807, 2.05) is 4.72 Å². The van der Waals surface area contributed by atoms with Crippen LogP contribution in [-0.4, -0.2) is 32.7 Å². The summed E-state index contributed by atoms with van der Waals surface area (Å²) < 4.78 is 63.8. The fourth-order valence-corrected chi connectivity index (χ4v) is 3.35. The lowest BCUT2D eigenvalue weighted by molar-refractivity contribution is 0.0697. The molecule has 10 heteroatoms. The second kappa shape index (κ2) is 6.20. The van der Waals surface area contributed by atoms with Gasteiger partial charge in [-0.1, -0.05) is 0 Å². The van der Waals surface area contributed by atoms with Gasteiger partial charge in [0, 0.05) is 18.2 Å². The van der Waals surface area contributed by atoms with Gasteiger partial charge in [-0.3, -0.25) is 4.72 Å². The Balaban J connectivity index is 2.05. The van der Waals surface area contributed by atoms with Crippen LogP contribution in [0, 0.1) is 11.6 Å². The highest BCUT2D eigenvalue weighted by atomic mass is 32.2. The molecule has 25 heavy (non-hydrogen) atoms. The third-order valence-corrected chi connectivity index (χ3v) is 4.65. The first kappa shape index (κ1) is 17.0. The van der Waals surface area contributed by atoms with Crippen LogP contribution in [0.3, 0.4) is 0 Å². The molecule has 0 bridgehead atoms. The maximum Gasteiger partial charge on any atom is 0.337 e. The Morgan fingerprint density at radius 3 is 2.12 bits per heavy atom. The molecule has 7 nitrogen and oxygen atoms in total. The molecule has 2 aromatic carbocycles. The van der Waals surface area contributed by atoms with Crippen molar-refractivity contribution < 1.29 is 36.6 Å². The van der Waals surface area contributed by atoms with Crippen LogP contribution >= 0.6 is 0 Å². The van der Waals surface area contributed by atoms with Gasteiger partial charge in [-0.15, -0.1) is 0 Å². The number of aromatic carboxylic acids is 1. The fraction of sp³-hybridized carbons (Fsp3) is 0.133. The van der Waals surface area contributed by atoms with Gasteiger partial charge in [0.2, 0.25) is 0 Å². The number of rotatable bonds is 4. The van der Waals surface area contributed by atoms with Crippen molar-refractivity contribution in [2.45, 2.75) is 4.90 Å². The van der Waals surface area contributed by atoms with Crippen LogP contribution in [-0.2, 0) is 10.0 Å². The number of benzene rings is 2. The molecule has 0 spiro atoms. The van der Waals surface area contributed by atoms with Crippen molar-refractivity contribution in [3.63, 3.8) is 0 Å². The molecule has 2 aromatic rings. The second-order valence-electron chi connectivity index (χ2n) is 5.06. The van der Waals surface area contributed by atoms with Crippen LogP contribution in [0.2, 0.25) is 0 Å². The first-order valence-electron chi connectivity index (χ1n) is 6.92. The van der Waals surface area contributed by atoms with Crippen molar-refractivity contribution in [1.29, 1.82) is 0 Å². The van der Waals surface area contributed by atoms with Crippen molar-refractivity contribution in [3.8, 4) is 11.5 Å². The summed E-state index contributed by atoms with van der Waals surface area (Å²) in [6, 6.07) is 4.01. The first-order valence-corrected chi connectivity index (χ1v) is 8.40. The molecular formula is C15H11F2NO6S. The van der Waals surface area contributed by atoms with E-state index in [9.17, 15) is 27.1 Å². The van der Waals surface area contributed by atoms with Crippen LogP contribution in [0.15, 0.2) is 35.2 Å². The summed E-state index contributed by atoms with van der Waals surface area (Å²) in [4.78, 5) is 10.7. The Morgan fingerprint density at radius 2 is 1.56 bits per heavy atom. The average Bonchev–Trinajstić information content (AvgIpc) is 2.52. The lowest BCUT2D eigenvalue weighted by Crippen LogP contribution is -2.19. The Morgan fingerprint density at radius 1 is 1.00 bits per heavy atom. The van der Waals surface area contributed by atoms with Gasteiger partial charge in [0.1, 0.15) is 24.8 Å². The second-order valence-corrected chi connectivity index (χ2v) is 6.74. The molecule has 0 radical (unpaired) electrons. The van der Waals surface area contributed by atoms with E-state index in [-0.39, 0.29) is 30.4 Å². The lowest BCUT2D eigenvalue weighted by Gasteiger charge is -2.20. The minimum atomic E-state index is -4.43. The van der Waals surface area contributed by atoms with Gasteiger partial charge in [0.05, 0.1) is 16.1 Å². The summed E-state index contributed by atoms with van der Waals surface area (Å²) in [5.74, 6) is -3.27. The molecule has 0 saturated heterocycles. The Labute approximate surface area is 140 Å². The number of carbonyl (C=O) groups is 1. The lowest BCUT2D eigenvalue weighted by atomic mass is 10.1. The highest BCUT2D eigenvalue weighted by Crippen LogP contribution is 2.36. The van der Waals surface area contributed by atoms with E-state index < -0.39 is 38.1 Å². The molecule has 0 atom stereocenters. The minimum Gasteiger partial charge on any atom is -0.486 e. The number of nitrogens with one attached hydrogen (secondary N) is 1. The van der Waals surface area contributed by atoms with Crippen molar-refractivity contribution in [2.75, 3.05) is 17.9 Å². The Hall–Kier alpha value is -2.88. The maximum atomic E-state index is 13.3. The largest absolute Gasteiger partial charge is 0.486 e. The average molecular weight is 371 g/mol. The molecular weight excluding hydrogens is 360 g/mol. The third kappa shape index (κ3) is 3.48. The smallest absolute Gasteiger partial charge is 0.337 e. The van der Waals surface area contributed by atoms with Gasteiger partial charge in [-0.05, 0) is 12.1 Å². The molecule has 1 heterocycles. The molecule has 0 unspecified atom stereocenters. The number of anilines is 1. The normalized spacial score (nSPS) is 13.4. The quantitative estimate of drug-likeness (QED) is 0.855. The number of carboxylic acids is 1. The van der Waals surface area contributed by atoms with Gasteiger partial charge in [-0.25, -0.2) is 22.0 Å².